The molecule has 3 heteroatoms. The van der Waals surface area contributed by atoms with Crippen LogP contribution in [0.5, 0.6) is 0 Å². The summed E-state index contributed by atoms with van der Waals surface area (Å²) in [4.78, 5) is 14.7. The van der Waals surface area contributed by atoms with Gasteiger partial charge in [0.05, 0.1) is 0 Å². The fourth-order valence-corrected chi connectivity index (χ4v) is 2.29. The number of carbonyl (C=O) groups is 1. The lowest BCUT2D eigenvalue weighted by Gasteiger charge is -2.29. The molecule has 1 aromatic rings. The lowest BCUT2D eigenvalue weighted by Crippen LogP contribution is -2.39. The fourth-order valence-electron chi connectivity index (χ4n) is 2.29. The first-order chi connectivity index (χ1) is 9.36. The Hall–Kier alpha value is -1.51. The van der Waals surface area contributed by atoms with Crippen molar-refractivity contribution in [2.45, 2.75) is 47.6 Å². The Kier molecular flexibility index (Phi) is 6.05. The van der Waals surface area contributed by atoms with Gasteiger partial charge in [-0.25, -0.2) is 0 Å². The Morgan fingerprint density at radius 3 is 2.35 bits per heavy atom. The number of benzene rings is 1. The lowest BCUT2D eigenvalue weighted by molar-refractivity contribution is 0.0681. The number of amides is 1. The predicted octanol–water partition coefficient (Wildman–Crippen LogP) is 3.93. The molecular formula is C17H28N2O. The van der Waals surface area contributed by atoms with Gasteiger partial charge in [-0.1, -0.05) is 13.8 Å². The van der Waals surface area contributed by atoms with Gasteiger partial charge < -0.3 is 10.2 Å². The highest BCUT2D eigenvalue weighted by atomic mass is 16.2. The fraction of sp³-hybridized carbons (Fsp3) is 0.588. The molecule has 20 heavy (non-hydrogen) atoms. The van der Waals surface area contributed by atoms with Gasteiger partial charge in [0.25, 0.3) is 5.91 Å². The minimum atomic E-state index is 0.134. The molecule has 0 aliphatic rings. The SMILES string of the molecule is CCNc1ccc(C(=O)N(CC(C)C)C(C)C)c(C)c1. The summed E-state index contributed by atoms with van der Waals surface area (Å²) in [6.45, 7) is 14.2. The van der Waals surface area contributed by atoms with Crippen molar-refractivity contribution in [2.75, 3.05) is 18.4 Å². The highest BCUT2D eigenvalue weighted by Gasteiger charge is 2.21. The Morgan fingerprint density at radius 2 is 1.90 bits per heavy atom. The van der Waals surface area contributed by atoms with Gasteiger partial charge in [0.2, 0.25) is 0 Å². The minimum absolute atomic E-state index is 0.134. The van der Waals surface area contributed by atoms with Crippen molar-refractivity contribution in [3.63, 3.8) is 0 Å². The van der Waals surface area contributed by atoms with E-state index in [1.54, 1.807) is 0 Å². The molecule has 0 aliphatic heterocycles. The minimum Gasteiger partial charge on any atom is -0.385 e. The second kappa shape index (κ2) is 7.32. The van der Waals surface area contributed by atoms with Crippen molar-refractivity contribution in [3.05, 3.63) is 29.3 Å². The maximum atomic E-state index is 12.7. The number of carbonyl (C=O) groups excluding carboxylic acids is 1. The number of rotatable bonds is 6. The summed E-state index contributed by atoms with van der Waals surface area (Å²) < 4.78 is 0. The van der Waals surface area contributed by atoms with Crippen LogP contribution in [0.3, 0.4) is 0 Å². The Labute approximate surface area is 123 Å². The van der Waals surface area contributed by atoms with Crippen LogP contribution in [0.2, 0.25) is 0 Å². The molecule has 1 rings (SSSR count). The molecule has 0 spiro atoms. The van der Waals surface area contributed by atoms with E-state index in [2.05, 4.69) is 39.9 Å². The molecule has 0 aromatic heterocycles. The first kappa shape index (κ1) is 16.5. The van der Waals surface area contributed by atoms with Crippen molar-refractivity contribution >= 4 is 11.6 Å². The standard InChI is InChI=1S/C17H28N2O/c1-7-18-15-8-9-16(14(6)10-15)17(20)19(13(4)5)11-12(2)3/h8-10,12-13,18H,7,11H2,1-6H3. The summed E-state index contributed by atoms with van der Waals surface area (Å²) in [5, 5.41) is 3.27. The van der Waals surface area contributed by atoms with Gasteiger partial charge in [0.1, 0.15) is 0 Å². The van der Waals surface area contributed by atoms with Crippen LogP contribution < -0.4 is 5.32 Å². The number of nitrogens with one attached hydrogen (secondary N) is 1. The molecule has 0 bridgehead atoms. The smallest absolute Gasteiger partial charge is 0.254 e. The van der Waals surface area contributed by atoms with Crippen LogP contribution >= 0.6 is 0 Å². The number of aryl methyl sites for hydroxylation is 1. The van der Waals surface area contributed by atoms with E-state index >= 15 is 0 Å². The van der Waals surface area contributed by atoms with Crippen LogP contribution in [0.4, 0.5) is 5.69 Å². The molecule has 0 saturated carbocycles. The van der Waals surface area contributed by atoms with Crippen molar-refractivity contribution in [2.24, 2.45) is 5.92 Å². The van der Waals surface area contributed by atoms with Gasteiger partial charge in [-0.05, 0) is 57.4 Å². The van der Waals surface area contributed by atoms with Gasteiger partial charge in [-0.3, -0.25) is 4.79 Å². The molecule has 1 N–H and O–H groups in total. The number of hydrogen-bond donors (Lipinski definition) is 1. The normalized spacial score (nSPS) is 11.0. The van der Waals surface area contributed by atoms with E-state index in [0.717, 1.165) is 29.9 Å². The maximum Gasteiger partial charge on any atom is 0.254 e. The van der Waals surface area contributed by atoms with Crippen LogP contribution in [0.1, 0.15) is 50.5 Å². The molecule has 0 aliphatic carbocycles. The third kappa shape index (κ3) is 4.26. The van der Waals surface area contributed by atoms with Crippen molar-refractivity contribution in [1.29, 1.82) is 0 Å². The number of anilines is 1. The Morgan fingerprint density at radius 1 is 1.25 bits per heavy atom. The van der Waals surface area contributed by atoms with Crippen LogP contribution in [0, 0.1) is 12.8 Å². The van der Waals surface area contributed by atoms with Crippen molar-refractivity contribution in [3.8, 4) is 0 Å². The van der Waals surface area contributed by atoms with E-state index in [1.807, 2.05) is 30.0 Å². The summed E-state index contributed by atoms with van der Waals surface area (Å²) in [5.41, 5.74) is 2.91. The average Bonchev–Trinajstić information content (AvgIpc) is 2.35. The van der Waals surface area contributed by atoms with Crippen LogP contribution in [-0.4, -0.2) is 29.9 Å². The molecule has 0 heterocycles. The summed E-state index contributed by atoms with van der Waals surface area (Å²) in [7, 11) is 0. The maximum absolute atomic E-state index is 12.7. The second-order valence-corrected chi connectivity index (χ2v) is 6.01. The van der Waals surface area contributed by atoms with Crippen LogP contribution in [0.15, 0.2) is 18.2 Å². The second-order valence-electron chi connectivity index (χ2n) is 6.01. The van der Waals surface area contributed by atoms with Crippen LogP contribution in [-0.2, 0) is 0 Å². The van der Waals surface area contributed by atoms with Gasteiger partial charge in [-0.2, -0.15) is 0 Å². The Balaban J connectivity index is 3.00. The zero-order valence-corrected chi connectivity index (χ0v) is 13.7. The largest absolute Gasteiger partial charge is 0.385 e. The van der Waals surface area contributed by atoms with E-state index in [1.165, 1.54) is 0 Å². The zero-order valence-electron chi connectivity index (χ0n) is 13.7. The van der Waals surface area contributed by atoms with E-state index in [4.69, 9.17) is 0 Å². The van der Waals surface area contributed by atoms with Gasteiger partial charge >= 0.3 is 0 Å². The molecule has 1 amide bonds. The molecule has 0 saturated heterocycles. The lowest BCUT2D eigenvalue weighted by atomic mass is 10.0. The first-order valence-electron chi connectivity index (χ1n) is 7.52. The molecule has 0 atom stereocenters. The van der Waals surface area contributed by atoms with E-state index in [-0.39, 0.29) is 11.9 Å². The third-order valence-electron chi connectivity index (χ3n) is 3.28. The molecule has 0 fully saturated rings. The molecule has 0 radical (unpaired) electrons. The molecular weight excluding hydrogens is 248 g/mol. The van der Waals surface area contributed by atoms with Crippen LogP contribution in [0.25, 0.3) is 0 Å². The van der Waals surface area contributed by atoms with Crippen molar-refractivity contribution < 1.29 is 4.79 Å². The zero-order chi connectivity index (χ0) is 15.3. The quantitative estimate of drug-likeness (QED) is 0.853. The van der Waals surface area contributed by atoms with Crippen molar-refractivity contribution in [1.82, 2.24) is 4.90 Å². The molecule has 112 valence electrons. The van der Waals surface area contributed by atoms with Gasteiger partial charge in [0, 0.05) is 30.4 Å². The van der Waals surface area contributed by atoms with E-state index < -0.39 is 0 Å². The highest BCUT2D eigenvalue weighted by molar-refractivity contribution is 5.96. The first-order valence-corrected chi connectivity index (χ1v) is 7.52. The van der Waals surface area contributed by atoms with E-state index in [0.29, 0.717) is 5.92 Å². The monoisotopic (exact) mass is 276 g/mol. The number of nitrogens with zero attached hydrogens (tertiary/aromatic N) is 1. The summed E-state index contributed by atoms with van der Waals surface area (Å²) in [6.07, 6.45) is 0. The Bertz CT molecular complexity index is 452. The average molecular weight is 276 g/mol. The third-order valence-corrected chi connectivity index (χ3v) is 3.28. The number of hydrogen-bond acceptors (Lipinski definition) is 2. The van der Waals surface area contributed by atoms with Gasteiger partial charge in [-0.15, -0.1) is 0 Å². The van der Waals surface area contributed by atoms with E-state index in [9.17, 15) is 4.79 Å². The predicted molar refractivity (Wildman–Crippen MR) is 86.4 cm³/mol. The topological polar surface area (TPSA) is 32.3 Å². The molecule has 0 unspecified atom stereocenters. The molecule has 3 nitrogen and oxygen atoms in total. The summed E-state index contributed by atoms with van der Waals surface area (Å²) in [6, 6.07) is 6.19. The van der Waals surface area contributed by atoms with Gasteiger partial charge in [0.15, 0.2) is 0 Å². The summed E-state index contributed by atoms with van der Waals surface area (Å²) >= 11 is 0. The highest BCUT2D eigenvalue weighted by Crippen LogP contribution is 2.18. The molecule has 1 aromatic carbocycles. The summed E-state index contributed by atoms with van der Waals surface area (Å²) in [5.74, 6) is 0.608.